The van der Waals surface area contributed by atoms with E-state index in [1.165, 1.54) is 0 Å². The van der Waals surface area contributed by atoms with E-state index < -0.39 is 28.2 Å². The van der Waals surface area contributed by atoms with Gasteiger partial charge in [0, 0.05) is 5.92 Å². The first-order valence-electron chi connectivity index (χ1n) is 15.8. The Balaban J connectivity index is 0.000000311. The van der Waals surface area contributed by atoms with E-state index in [2.05, 4.69) is 39.8 Å². The molecule has 0 aromatic heterocycles. The Morgan fingerprint density at radius 1 is 0.568 bits per heavy atom. The zero-order valence-electron chi connectivity index (χ0n) is 29.7. The number of rotatable bonds is 11. The normalized spacial score (nSPS) is 17.4. The summed E-state index contributed by atoms with van der Waals surface area (Å²) in [5.41, 5.74) is 1.43. The van der Waals surface area contributed by atoms with Crippen molar-refractivity contribution >= 4 is 0 Å². The van der Waals surface area contributed by atoms with Crippen molar-refractivity contribution in [2.45, 2.75) is 125 Å². The smallest absolute Gasteiger partial charge is 0.227 e. The van der Waals surface area contributed by atoms with Crippen molar-refractivity contribution in [3.8, 4) is 0 Å². The second-order valence-electron chi connectivity index (χ2n) is 15.1. The topological polar surface area (TPSA) is 55.4 Å². The van der Waals surface area contributed by atoms with E-state index in [-0.39, 0.29) is 5.92 Å². The molecule has 2 aromatic rings. The van der Waals surface area contributed by atoms with E-state index in [9.17, 15) is 0 Å². The van der Waals surface area contributed by atoms with Crippen LogP contribution in [0.1, 0.15) is 108 Å². The summed E-state index contributed by atoms with van der Waals surface area (Å²) < 4.78 is 0. The largest absolute Gasteiger partial charge is 0.259 e. The van der Waals surface area contributed by atoms with Crippen LogP contribution in [0.25, 0.3) is 0 Å². The molecule has 0 spiro atoms. The van der Waals surface area contributed by atoms with Crippen LogP contribution in [0.3, 0.4) is 0 Å². The van der Waals surface area contributed by atoms with Crippen LogP contribution in [0, 0.1) is 17.8 Å². The molecule has 0 N–H and O–H groups in total. The number of benzene rings is 2. The minimum atomic E-state index is -1.11. The van der Waals surface area contributed by atoms with Crippen molar-refractivity contribution in [3.05, 3.63) is 95.6 Å². The first-order valence-corrected chi connectivity index (χ1v) is 15.8. The van der Waals surface area contributed by atoms with Gasteiger partial charge in [0.1, 0.15) is 11.2 Å². The quantitative estimate of drug-likeness (QED) is 0.143. The molecule has 0 bridgehead atoms. The average molecular weight is 611 g/mol. The Morgan fingerprint density at radius 2 is 0.955 bits per heavy atom. The van der Waals surface area contributed by atoms with Crippen molar-refractivity contribution in [3.63, 3.8) is 0 Å². The first kappa shape index (κ1) is 37.9. The van der Waals surface area contributed by atoms with E-state index in [0.717, 1.165) is 16.7 Å². The standard InChI is InChI=1S/C20H36O4.C18H22O2/c1-14(2)16-11-12-17(15(3)4)20(13-16,23-21-18(5,6)7)24-22-19(8,9)10;1-17(2,15-11-7-5-8-12-15)19-20-18(3,4)16-13-9-6-10-14-16/h11-15,17H,1-10H3;5-14H,1-4H3. The predicted molar refractivity (Wildman–Crippen MR) is 178 cm³/mol. The number of allylic oxidation sites excluding steroid dienone is 2. The van der Waals surface area contributed by atoms with Crippen LogP contribution in [-0.4, -0.2) is 17.0 Å². The van der Waals surface area contributed by atoms with E-state index in [0.29, 0.717) is 11.8 Å². The van der Waals surface area contributed by atoms with Crippen molar-refractivity contribution in [1.29, 1.82) is 0 Å². The fraction of sp³-hybridized carbons (Fsp3) is 0.579. The highest BCUT2D eigenvalue weighted by atomic mass is 17.3. The molecule has 0 fully saturated rings. The lowest BCUT2D eigenvalue weighted by Gasteiger charge is -2.41. The van der Waals surface area contributed by atoms with Gasteiger partial charge in [-0.25, -0.2) is 19.6 Å². The van der Waals surface area contributed by atoms with Gasteiger partial charge in [-0.1, -0.05) is 101 Å². The molecule has 2 aromatic carbocycles. The van der Waals surface area contributed by atoms with Crippen LogP contribution >= 0.6 is 0 Å². The fourth-order valence-corrected chi connectivity index (χ4v) is 4.31. The van der Waals surface area contributed by atoms with Gasteiger partial charge in [0.05, 0.1) is 11.2 Å². The highest BCUT2D eigenvalue weighted by Crippen LogP contribution is 2.40. The highest BCUT2D eigenvalue weighted by molar-refractivity contribution is 5.30. The van der Waals surface area contributed by atoms with E-state index in [1.807, 2.05) is 136 Å². The zero-order valence-corrected chi connectivity index (χ0v) is 29.7. The first-order chi connectivity index (χ1) is 20.2. The van der Waals surface area contributed by atoms with E-state index in [1.54, 1.807) is 0 Å². The minimum Gasteiger partial charge on any atom is -0.227 e. The lowest BCUT2D eigenvalue weighted by atomic mass is 9.80. The van der Waals surface area contributed by atoms with Crippen LogP contribution in [-0.2, 0) is 40.5 Å². The molecule has 6 heteroatoms. The summed E-state index contributed by atoms with van der Waals surface area (Å²) in [5.74, 6) is -0.489. The second-order valence-corrected chi connectivity index (χ2v) is 15.1. The summed E-state index contributed by atoms with van der Waals surface area (Å²) in [6.07, 6.45) is 6.28. The maximum absolute atomic E-state index is 5.91. The fourth-order valence-electron chi connectivity index (χ4n) is 4.31. The Hall–Kier alpha value is -2.32. The summed E-state index contributed by atoms with van der Waals surface area (Å²) in [6.45, 7) is 28.3. The molecule has 0 amide bonds. The summed E-state index contributed by atoms with van der Waals surface area (Å²) in [7, 11) is 0. The molecule has 0 radical (unpaired) electrons. The Morgan fingerprint density at radius 3 is 1.27 bits per heavy atom. The number of hydrogen-bond acceptors (Lipinski definition) is 6. The molecule has 6 nitrogen and oxygen atoms in total. The summed E-state index contributed by atoms with van der Waals surface area (Å²) in [6, 6.07) is 20.2. The van der Waals surface area contributed by atoms with Gasteiger partial charge in [0.15, 0.2) is 0 Å². The van der Waals surface area contributed by atoms with Crippen LogP contribution in [0.5, 0.6) is 0 Å². The van der Waals surface area contributed by atoms with Gasteiger partial charge in [-0.15, -0.1) is 0 Å². The maximum Gasteiger partial charge on any atom is 0.259 e. The molecule has 1 aliphatic carbocycles. The summed E-state index contributed by atoms with van der Waals surface area (Å²) in [4.78, 5) is 34.6. The molecule has 3 rings (SSSR count). The lowest BCUT2D eigenvalue weighted by Crippen LogP contribution is -2.48. The number of hydrogen-bond donors (Lipinski definition) is 0. The van der Waals surface area contributed by atoms with Gasteiger partial charge in [-0.3, -0.25) is 0 Å². The molecule has 0 saturated heterocycles. The van der Waals surface area contributed by atoms with Crippen molar-refractivity contribution in [2.75, 3.05) is 0 Å². The van der Waals surface area contributed by atoms with Crippen molar-refractivity contribution in [2.24, 2.45) is 17.8 Å². The van der Waals surface area contributed by atoms with E-state index in [4.69, 9.17) is 29.3 Å². The molecule has 1 aliphatic rings. The average Bonchev–Trinajstić information content (AvgIpc) is 2.94. The SMILES string of the molecule is CC(C)(OOC(C)(C)c1ccccc1)c1ccccc1.CC(C)C1=CC(OOC(C)(C)C)(OOC(C)(C)C)C(C(C)C)C=C1. The van der Waals surface area contributed by atoms with Crippen LogP contribution in [0.4, 0.5) is 0 Å². The van der Waals surface area contributed by atoms with Crippen LogP contribution in [0.2, 0.25) is 0 Å². The van der Waals surface area contributed by atoms with Gasteiger partial charge in [0.2, 0.25) is 0 Å². The van der Waals surface area contributed by atoms with Gasteiger partial charge >= 0.3 is 0 Å². The van der Waals surface area contributed by atoms with Gasteiger partial charge < -0.3 is 0 Å². The van der Waals surface area contributed by atoms with Crippen LogP contribution < -0.4 is 0 Å². The molecule has 0 heterocycles. The predicted octanol–water partition coefficient (Wildman–Crippen LogP) is 10.4. The van der Waals surface area contributed by atoms with Gasteiger partial charge in [-0.05, 0) is 104 Å². The zero-order chi connectivity index (χ0) is 33.4. The maximum atomic E-state index is 5.91. The molecular formula is C38H58O6. The third-order valence-corrected chi connectivity index (χ3v) is 6.95. The molecule has 1 atom stereocenters. The molecule has 44 heavy (non-hydrogen) atoms. The summed E-state index contributed by atoms with van der Waals surface area (Å²) in [5, 5.41) is 0. The molecule has 0 saturated carbocycles. The molecule has 1 unspecified atom stereocenters. The van der Waals surface area contributed by atoms with Crippen molar-refractivity contribution in [1.82, 2.24) is 0 Å². The highest BCUT2D eigenvalue weighted by Gasteiger charge is 2.46. The molecular weight excluding hydrogens is 552 g/mol. The Labute approximate surface area is 267 Å². The lowest BCUT2D eigenvalue weighted by molar-refractivity contribution is -0.536. The van der Waals surface area contributed by atoms with Crippen molar-refractivity contribution < 1.29 is 29.3 Å². The minimum absolute atomic E-state index is 0.0234. The second kappa shape index (κ2) is 15.3. The van der Waals surface area contributed by atoms with E-state index >= 15 is 0 Å². The summed E-state index contributed by atoms with van der Waals surface area (Å²) >= 11 is 0. The third-order valence-electron chi connectivity index (χ3n) is 6.95. The van der Waals surface area contributed by atoms with Crippen LogP contribution in [0.15, 0.2) is 84.5 Å². The van der Waals surface area contributed by atoms with Gasteiger partial charge in [0.25, 0.3) is 5.79 Å². The third kappa shape index (κ3) is 11.9. The molecule has 246 valence electrons. The Bertz CT molecular complexity index is 1110. The Kier molecular flexibility index (Phi) is 13.2. The monoisotopic (exact) mass is 610 g/mol. The van der Waals surface area contributed by atoms with Gasteiger partial charge in [-0.2, -0.15) is 9.78 Å². The molecule has 0 aliphatic heterocycles.